The Kier molecular flexibility index (Phi) is 5.43. The lowest BCUT2D eigenvalue weighted by atomic mass is 10.1. The van der Waals surface area contributed by atoms with Crippen LogP contribution in [0, 0.1) is 5.82 Å². The maximum absolute atomic E-state index is 13.5. The predicted octanol–water partition coefficient (Wildman–Crippen LogP) is 3.54. The molecule has 0 atom stereocenters. The lowest BCUT2D eigenvalue weighted by molar-refractivity contribution is 0.414. The standard InChI is InChI=1S/C16H16FN3OS/c1-11(12-7-3-6-10-15(12)21-2)19-20-16(22)18-14-9-5-4-8-13(14)17/h3-10H,1-2H3,(H2,18,20,22)/b19-11-. The van der Waals surface area contributed by atoms with E-state index in [1.54, 1.807) is 25.3 Å². The van der Waals surface area contributed by atoms with E-state index >= 15 is 0 Å². The van der Waals surface area contributed by atoms with Gasteiger partial charge in [-0.25, -0.2) is 4.39 Å². The van der Waals surface area contributed by atoms with Gasteiger partial charge in [0.05, 0.1) is 18.5 Å². The van der Waals surface area contributed by atoms with Crippen molar-refractivity contribution in [3.05, 3.63) is 59.9 Å². The van der Waals surface area contributed by atoms with E-state index in [-0.39, 0.29) is 10.9 Å². The van der Waals surface area contributed by atoms with Crippen molar-refractivity contribution in [2.24, 2.45) is 5.10 Å². The van der Waals surface area contributed by atoms with Crippen LogP contribution in [0.1, 0.15) is 12.5 Å². The normalized spacial score (nSPS) is 11.0. The van der Waals surface area contributed by atoms with Crippen LogP contribution in [0.4, 0.5) is 10.1 Å². The van der Waals surface area contributed by atoms with Crippen LogP contribution in [-0.4, -0.2) is 17.9 Å². The Hall–Kier alpha value is -2.47. The zero-order valence-electron chi connectivity index (χ0n) is 12.3. The molecule has 4 nitrogen and oxygen atoms in total. The van der Waals surface area contributed by atoms with Crippen LogP contribution in [-0.2, 0) is 0 Å². The molecule has 22 heavy (non-hydrogen) atoms. The molecule has 0 amide bonds. The van der Waals surface area contributed by atoms with Crippen molar-refractivity contribution in [1.82, 2.24) is 5.43 Å². The van der Waals surface area contributed by atoms with Crippen molar-refractivity contribution in [2.45, 2.75) is 6.92 Å². The molecule has 2 aromatic rings. The smallest absolute Gasteiger partial charge is 0.191 e. The van der Waals surface area contributed by atoms with Crippen LogP contribution in [0.2, 0.25) is 0 Å². The number of benzene rings is 2. The molecule has 114 valence electrons. The first-order valence-corrected chi connectivity index (χ1v) is 7.02. The Morgan fingerprint density at radius 1 is 1.14 bits per heavy atom. The number of hydrogen-bond donors (Lipinski definition) is 2. The number of nitrogens with one attached hydrogen (secondary N) is 2. The van der Waals surface area contributed by atoms with E-state index in [9.17, 15) is 4.39 Å². The van der Waals surface area contributed by atoms with Gasteiger partial charge in [0, 0.05) is 5.56 Å². The third-order valence-electron chi connectivity index (χ3n) is 2.94. The van der Waals surface area contributed by atoms with Crippen molar-refractivity contribution < 1.29 is 9.13 Å². The maximum atomic E-state index is 13.5. The summed E-state index contributed by atoms with van der Waals surface area (Å²) in [7, 11) is 1.60. The number of halogens is 1. The molecule has 0 radical (unpaired) electrons. The highest BCUT2D eigenvalue weighted by molar-refractivity contribution is 7.80. The number of para-hydroxylation sites is 2. The molecule has 2 rings (SSSR count). The lowest BCUT2D eigenvalue weighted by Crippen LogP contribution is -2.25. The Morgan fingerprint density at radius 2 is 1.82 bits per heavy atom. The first-order valence-electron chi connectivity index (χ1n) is 6.61. The summed E-state index contributed by atoms with van der Waals surface area (Å²) in [6.07, 6.45) is 0. The van der Waals surface area contributed by atoms with Gasteiger partial charge in [0.15, 0.2) is 5.11 Å². The van der Waals surface area contributed by atoms with Gasteiger partial charge in [-0.2, -0.15) is 5.10 Å². The molecule has 0 heterocycles. The number of anilines is 1. The average Bonchev–Trinajstić information content (AvgIpc) is 2.54. The van der Waals surface area contributed by atoms with Gasteiger partial charge in [-0.15, -0.1) is 0 Å². The number of ether oxygens (including phenoxy) is 1. The van der Waals surface area contributed by atoms with Crippen LogP contribution in [0.25, 0.3) is 0 Å². The number of thiocarbonyl (C=S) groups is 1. The minimum absolute atomic E-state index is 0.208. The third kappa shape index (κ3) is 4.02. The van der Waals surface area contributed by atoms with Gasteiger partial charge in [0.25, 0.3) is 0 Å². The number of rotatable bonds is 4. The Balaban J connectivity index is 2.04. The molecular formula is C16H16FN3OS. The molecule has 6 heteroatoms. The molecule has 2 aromatic carbocycles. The van der Waals surface area contributed by atoms with E-state index in [0.717, 1.165) is 11.3 Å². The molecule has 0 spiro atoms. The fourth-order valence-corrected chi connectivity index (χ4v) is 2.01. The van der Waals surface area contributed by atoms with Gasteiger partial charge in [-0.05, 0) is 43.4 Å². The average molecular weight is 317 g/mol. The highest BCUT2D eigenvalue weighted by atomic mass is 32.1. The van der Waals surface area contributed by atoms with Crippen LogP contribution in [0.15, 0.2) is 53.6 Å². The molecule has 0 bridgehead atoms. The summed E-state index contributed by atoms with van der Waals surface area (Å²) >= 11 is 5.10. The van der Waals surface area contributed by atoms with Crippen molar-refractivity contribution >= 4 is 28.7 Å². The summed E-state index contributed by atoms with van der Waals surface area (Å²) in [5.74, 6) is 0.343. The van der Waals surface area contributed by atoms with Crippen molar-refractivity contribution in [2.75, 3.05) is 12.4 Å². The highest BCUT2D eigenvalue weighted by Gasteiger charge is 2.06. The summed E-state index contributed by atoms with van der Waals surface area (Å²) in [5, 5.41) is 7.15. The first-order chi connectivity index (χ1) is 10.6. The number of methoxy groups -OCH3 is 1. The second kappa shape index (κ2) is 7.51. The van der Waals surface area contributed by atoms with Gasteiger partial charge < -0.3 is 10.1 Å². The molecule has 0 aliphatic rings. The van der Waals surface area contributed by atoms with E-state index in [4.69, 9.17) is 17.0 Å². The molecule has 0 aliphatic heterocycles. The summed E-state index contributed by atoms with van der Waals surface area (Å²) in [6.45, 7) is 1.83. The molecule has 0 aliphatic carbocycles. The van der Waals surface area contributed by atoms with E-state index in [1.807, 2.05) is 31.2 Å². The van der Waals surface area contributed by atoms with Crippen molar-refractivity contribution in [3.63, 3.8) is 0 Å². The van der Waals surface area contributed by atoms with Crippen LogP contribution in [0.3, 0.4) is 0 Å². The zero-order valence-corrected chi connectivity index (χ0v) is 13.1. The molecule has 2 N–H and O–H groups in total. The Bertz CT molecular complexity index is 703. The van der Waals surface area contributed by atoms with Gasteiger partial charge >= 0.3 is 0 Å². The Morgan fingerprint density at radius 3 is 2.55 bits per heavy atom. The maximum Gasteiger partial charge on any atom is 0.191 e. The van der Waals surface area contributed by atoms with Gasteiger partial charge in [0.2, 0.25) is 0 Å². The minimum atomic E-state index is -0.378. The molecular weight excluding hydrogens is 301 g/mol. The van der Waals surface area contributed by atoms with E-state index < -0.39 is 0 Å². The summed E-state index contributed by atoms with van der Waals surface area (Å²) in [5.41, 5.74) is 4.55. The van der Waals surface area contributed by atoms with Crippen molar-refractivity contribution in [1.29, 1.82) is 0 Å². The first kappa shape index (κ1) is 15.9. The van der Waals surface area contributed by atoms with E-state index in [0.29, 0.717) is 11.4 Å². The molecule has 0 aromatic heterocycles. The summed E-state index contributed by atoms with van der Waals surface area (Å²) in [6, 6.07) is 13.8. The van der Waals surface area contributed by atoms with Gasteiger partial charge in [0.1, 0.15) is 11.6 Å². The van der Waals surface area contributed by atoms with E-state index in [1.165, 1.54) is 6.07 Å². The minimum Gasteiger partial charge on any atom is -0.496 e. The quantitative estimate of drug-likeness (QED) is 0.514. The van der Waals surface area contributed by atoms with Gasteiger partial charge in [-0.3, -0.25) is 5.43 Å². The van der Waals surface area contributed by atoms with Crippen LogP contribution in [0.5, 0.6) is 5.75 Å². The third-order valence-corrected chi connectivity index (χ3v) is 3.14. The molecule has 0 fully saturated rings. The fourth-order valence-electron chi connectivity index (χ4n) is 1.85. The van der Waals surface area contributed by atoms with Crippen LogP contribution < -0.4 is 15.5 Å². The van der Waals surface area contributed by atoms with Crippen LogP contribution >= 0.6 is 12.2 Å². The highest BCUT2D eigenvalue weighted by Crippen LogP contribution is 2.18. The topological polar surface area (TPSA) is 45.6 Å². The zero-order chi connectivity index (χ0) is 15.9. The largest absolute Gasteiger partial charge is 0.496 e. The number of nitrogens with zero attached hydrogens (tertiary/aromatic N) is 1. The van der Waals surface area contributed by atoms with Gasteiger partial charge in [-0.1, -0.05) is 24.3 Å². The van der Waals surface area contributed by atoms with Crippen molar-refractivity contribution in [3.8, 4) is 5.75 Å². The Labute approximate surface area is 134 Å². The lowest BCUT2D eigenvalue weighted by Gasteiger charge is -2.10. The predicted molar refractivity (Wildman–Crippen MR) is 91.0 cm³/mol. The van der Waals surface area contributed by atoms with E-state index in [2.05, 4.69) is 15.8 Å². The second-order valence-corrected chi connectivity index (χ2v) is 4.85. The molecule has 0 unspecified atom stereocenters. The monoisotopic (exact) mass is 317 g/mol. The number of hydrogen-bond acceptors (Lipinski definition) is 3. The fraction of sp³-hybridized carbons (Fsp3) is 0.125. The second-order valence-electron chi connectivity index (χ2n) is 4.44. The molecule has 0 saturated carbocycles. The SMILES string of the molecule is COc1ccccc1/C(C)=N\NC(=S)Nc1ccccc1F. The molecule has 0 saturated heterocycles. The number of hydrazone groups is 1. The summed E-state index contributed by atoms with van der Waals surface area (Å²) < 4.78 is 18.8. The summed E-state index contributed by atoms with van der Waals surface area (Å²) in [4.78, 5) is 0.